The monoisotopic (exact) mass is 490 g/mol. The van der Waals surface area contributed by atoms with Gasteiger partial charge < -0.3 is 5.32 Å². The van der Waals surface area contributed by atoms with E-state index in [9.17, 15) is 4.79 Å². The third-order valence-electron chi connectivity index (χ3n) is 5.93. The quantitative estimate of drug-likeness (QED) is 0.346. The minimum atomic E-state index is -0.0495. The van der Waals surface area contributed by atoms with E-state index in [2.05, 4.69) is 43.3 Å². The molecule has 0 saturated carbocycles. The van der Waals surface area contributed by atoms with Gasteiger partial charge in [-0.05, 0) is 72.1 Å². The van der Waals surface area contributed by atoms with Crippen LogP contribution in [0.4, 0.5) is 0 Å². The van der Waals surface area contributed by atoms with Crippen molar-refractivity contribution in [2.75, 3.05) is 19.6 Å². The number of thioether (sulfide) groups is 1. The molecule has 174 valence electrons. The van der Waals surface area contributed by atoms with E-state index in [1.807, 2.05) is 54.6 Å². The van der Waals surface area contributed by atoms with Crippen molar-refractivity contribution in [3.8, 4) is 5.69 Å². The van der Waals surface area contributed by atoms with E-state index < -0.39 is 0 Å². The Morgan fingerprint density at radius 2 is 1.82 bits per heavy atom. The number of nitrogens with zero attached hydrogens (tertiary/aromatic N) is 5. The minimum absolute atomic E-state index is 0.0495. The van der Waals surface area contributed by atoms with Gasteiger partial charge in [0.1, 0.15) is 0 Å². The zero-order valence-corrected chi connectivity index (χ0v) is 20.3. The average Bonchev–Trinajstić information content (AvgIpc) is 3.67. The zero-order valence-electron chi connectivity index (χ0n) is 18.7. The van der Waals surface area contributed by atoms with Gasteiger partial charge in [-0.3, -0.25) is 9.69 Å². The third kappa shape index (κ3) is 5.22. The number of para-hydroxylation sites is 1. The molecule has 9 heteroatoms. The number of aromatic nitrogens is 4. The van der Waals surface area contributed by atoms with Crippen LogP contribution in [0.1, 0.15) is 39.9 Å². The fraction of sp³-hybridized carbons (Fsp3) is 0.280. The average molecular weight is 491 g/mol. The molecule has 0 radical (unpaired) electrons. The van der Waals surface area contributed by atoms with Crippen LogP contribution in [-0.2, 0) is 5.75 Å². The number of hydrogen-bond acceptors (Lipinski definition) is 7. The van der Waals surface area contributed by atoms with E-state index >= 15 is 0 Å². The van der Waals surface area contributed by atoms with Crippen molar-refractivity contribution >= 4 is 29.0 Å². The van der Waals surface area contributed by atoms with Crippen molar-refractivity contribution in [2.24, 2.45) is 0 Å². The van der Waals surface area contributed by atoms with Crippen molar-refractivity contribution in [1.82, 2.24) is 30.4 Å². The maximum atomic E-state index is 13.2. The normalized spacial score (nSPS) is 14.8. The predicted molar refractivity (Wildman–Crippen MR) is 135 cm³/mol. The van der Waals surface area contributed by atoms with E-state index in [0.29, 0.717) is 17.9 Å². The lowest BCUT2D eigenvalue weighted by molar-refractivity contribution is 0.0935. The molecule has 1 aliphatic heterocycles. The number of carbonyl (C=O) groups excluding carboxylic acids is 1. The van der Waals surface area contributed by atoms with Crippen molar-refractivity contribution < 1.29 is 4.79 Å². The Bertz CT molecular complexity index is 1210. The van der Waals surface area contributed by atoms with Gasteiger partial charge in [-0.1, -0.05) is 36.4 Å². The summed E-state index contributed by atoms with van der Waals surface area (Å²) in [5.74, 6) is 1.24. The van der Waals surface area contributed by atoms with Crippen molar-refractivity contribution in [3.05, 3.63) is 88.4 Å². The Morgan fingerprint density at radius 3 is 2.62 bits per heavy atom. The number of carbonyl (C=O) groups is 1. The molecule has 1 unspecified atom stereocenters. The fourth-order valence-electron chi connectivity index (χ4n) is 4.22. The largest absolute Gasteiger partial charge is 0.350 e. The second-order valence-electron chi connectivity index (χ2n) is 8.11. The van der Waals surface area contributed by atoms with Gasteiger partial charge in [-0.25, -0.2) is 0 Å². The summed E-state index contributed by atoms with van der Waals surface area (Å²) in [5.41, 5.74) is 1.59. The highest BCUT2D eigenvalue weighted by molar-refractivity contribution is 7.98. The molecular formula is C25H26N6OS2. The number of hydrogen-bond donors (Lipinski definition) is 1. The molecule has 3 heterocycles. The molecule has 1 fully saturated rings. The van der Waals surface area contributed by atoms with Crippen LogP contribution in [0, 0.1) is 0 Å². The Hall–Kier alpha value is -3.01. The topological polar surface area (TPSA) is 75.9 Å². The van der Waals surface area contributed by atoms with Gasteiger partial charge in [-0.2, -0.15) is 4.68 Å². The molecule has 1 N–H and O–H groups in total. The first-order chi connectivity index (χ1) is 16.8. The standard InChI is InChI=1S/C25H26N6OS2/c32-25(26-17-21(23-13-8-16-33-23)30-14-6-7-15-30)20-11-4-5-12-22(20)34-18-24-27-28-29-31(24)19-9-2-1-3-10-19/h1-5,8-13,16,21H,6-7,14-15,17-18H2,(H,26,32). The maximum absolute atomic E-state index is 13.2. The molecule has 1 saturated heterocycles. The summed E-state index contributed by atoms with van der Waals surface area (Å²) in [4.78, 5) is 17.9. The molecule has 0 spiro atoms. The SMILES string of the molecule is O=C(NCC(c1cccs1)N1CCCC1)c1ccccc1SCc1nnnn1-c1ccccc1. The Balaban J connectivity index is 1.27. The summed E-state index contributed by atoms with van der Waals surface area (Å²) < 4.78 is 1.73. The van der Waals surface area contributed by atoms with Crippen molar-refractivity contribution in [1.29, 1.82) is 0 Å². The van der Waals surface area contributed by atoms with Crippen LogP contribution in [0.15, 0.2) is 77.0 Å². The first-order valence-corrected chi connectivity index (χ1v) is 13.3. The smallest absolute Gasteiger partial charge is 0.252 e. The molecule has 5 rings (SSSR count). The van der Waals surface area contributed by atoms with E-state index in [4.69, 9.17) is 0 Å². The predicted octanol–water partition coefficient (Wildman–Crippen LogP) is 4.58. The molecule has 34 heavy (non-hydrogen) atoms. The summed E-state index contributed by atoms with van der Waals surface area (Å²) in [6, 6.07) is 22.0. The molecule has 1 amide bonds. The Morgan fingerprint density at radius 1 is 1.03 bits per heavy atom. The van der Waals surface area contributed by atoms with Crippen LogP contribution in [0.3, 0.4) is 0 Å². The number of rotatable bonds is 9. The molecule has 2 aromatic heterocycles. The first-order valence-electron chi connectivity index (χ1n) is 11.4. The van der Waals surface area contributed by atoms with Crippen LogP contribution >= 0.6 is 23.1 Å². The maximum Gasteiger partial charge on any atom is 0.252 e. The van der Waals surface area contributed by atoms with E-state index in [1.54, 1.807) is 27.8 Å². The number of amides is 1. The van der Waals surface area contributed by atoms with Gasteiger partial charge in [-0.15, -0.1) is 28.2 Å². The van der Waals surface area contributed by atoms with Gasteiger partial charge >= 0.3 is 0 Å². The second kappa shape index (κ2) is 10.9. The van der Waals surface area contributed by atoms with Gasteiger partial charge in [0, 0.05) is 16.3 Å². The van der Waals surface area contributed by atoms with E-state index in [1.165, 1.54) is 17.7 Å². The molecule has 2 aromatic carbocycles. The van der Waals surface area contributed by atoms with Crippen molar-refractivity contribution in [3.63, 3.8) is 0 Å². The minimum Gasteiger partial charge on any atom is -0.350 e. The van der Waals surface area contributed by atoms with E-state index in [-0.39, 0.29) is 11.9 Å². The highest BCUT2D eigenvalue weighted by Gasteiger charge is 2.25. The highest BCUT2D eigenvalue weighted by Crippen LogP contribution is 2.29. The number of thiophene rings is 1. The van der Waals surface area contributed by atoms with Crippen LogP contribution in [0.2, 0.25) is 0 Å². The van der Waals surface area contributed by atoms with Crippen LogP contribution < -0.4 is 5.32 Å². The summed E-state index contributed by atoms with van der Waals surface area (Å²) in [5, 5.41) is 17.5. The molecule has 0 bridgehead atoms. The molecular weight excluding hydrogens is 464 g/mol. The third-order valence-corrected chi connectivity index (χ3v) is 7.98. The summed E-state index contributed by atoms with van der Waals surface area (Å²) in [7, 11) is 0. The van der Waals surface area contributed by atoms with Gasteiger partial charge in [0.05, 0.1) is 23.0 Å². The van der Waals surface area contributed by atoms with Crippen LogP contribution in [0.25, 0.3) is 5.69 Å². The lowest BCUT2D eigenvalue weighted by Gasteiger charge is -2.27. The molecule has 0 aliphatic carbocycles. The van der Waals surface area contributed by atoms with Crippen LogP contribution in [0.5, 0.6) is 0 Å². The molecule has 1 atom stereocenters. The highest BCUT2D eigenvalue weighted by atomic mass is 32.2. The number of tetrazole rings is 1. The lowest BCUT2D eigenvalue weighted by atomic mass is 10.1. The Kier molecular flexibility index (Phi) is 7.33. The molecule has 1 aliphatic rings. The lowest BCUT2D eigenvalue weighted by Crippen LogP contribution is -2.36. The summed E-state index contributed by atoms with van der Waals surface area (Å²) >= 11 is 3.32. The van der Waals surface area contributed by atoms with Crippen molar-refractivity contribution in [2.45, 2.75) is 29.5 Å². The number of likely N-dealkylation sites (tertiary alicyclic amines) is 1. The van der Waals surface area contributed by atoms with Crippen LogP contribution in [-0.4, -0.2) is 50.6 Å². The van der Waals surface area contributed by atoms with Gasteiger partial charge in [0.2, 0.25) is 0 Å². The second-order valence-corrected chi connectivity index (χ2v) is 10.1. The van der Waals surface area contributed by atoms with Gasteiger partial charge in [0.25, 0.3) is 5.91 Å². The molecule has 7 nitrogen and oxygen atoms in total. The first kappa shape index (κ1) is 22.8. The summed E-state index contributed by atoms with van der Waals surface area (Å²) in [6.07, 6.45) is 2.44. The number of nitrogens with one attached hydrogen (secondary N) is 1. The van der Waals surface area contributed by atoms with Gasteiger partial charge in [0.15, 0.2) is 5.82 Å². The fourth-order valence-corrected chi connectivity index (χ4v) is 6.03. The van der Waals surface area contributed by atoms with E-state index in [0.717, 1.165) is 29.5 Å². The molecule has 4 aromatic rings. The number of benzene rings is 2. The summed E-state index contributed by atoms with van der Waals surface area (Å²) in [6.45, 7) is 2.77. The zero-order chi connectivity index (χ0) is 23.2. The Labute approximate surface area is 207 Å².